The van der Waals surface area contributed by atoms with E-state index in [9.17, 15) is 9.59 Å². The molecule has 156 valence electrons. The Bertz CT molecular complexity index is 1330. The Kier molecular flexibility index (Phi) is 4.80. The quantitative estimate of drug-likeness (QED) is 0.480. The molecule has 1 aliphatic rings. The summed E-state index contributed by atoms with van der Waals surface area (Å²) in [6.45, 7) is 2.20. The lowest BCUT2D eigenvalue weighted by molar-refractivity contribution is 0.0303. The van der Waals surface area contributed by atoms with Gasteiger partial charge in [0.05, 0.1) is 35.5 Å². The number of carbonyl (C=O) groups excluding carboxylic acids is 2. The zero-order valence-corrected chi connectivity index (χ0v) is 17.1. The van der Waals surface area contributed by atoms with Crippen LogP contribution in [0.2, 0.25) is 5.15 Å². The van der Waals surface area contributed by atoms with E-state index >= 15 is 0 Å². The molecular formula is C22H18ClN5O3. The summed E-state index contributed by atoms with van der Waals surface area (Å²) in [5, 5.41) is 1.16. The number of morpholine rings is 1. The zero-order valence-electron chi connectivity index (χ0n) is 16.4. The number of nitrogens with zero attached hydrogens (tertiary/aromatic N) is 3. The highest BCUT2D eigenvalue weighted by molar-refractivity contribution is 6.29. The summed E-state index contributed by atoms with van der Waals surface area (Å²) in [7, 11) is 0. The van der Waals surface area contributed by atoms with Crippen LogP contribution in [0.15, 0.2) is 42.6 Å². The van der Waals surface area contributed by atoms with Gasteiger partial charge in [0.2, 0.25) is 0 Å². The number of halogens is 1. The van der Waals surface area contributed by atoms with E-state index in [0.717, 1.165) is 5.39 Å². The van der Waals surface area contributed by atoms with Crippen molar-refractivity contribution < 1.29 is 14.3 Å². The van der Waals surface area contributed by atoms with E-state index in [-0.39, 0.29) is 5.91 Å². The van der Waals surface area contributed by atoms with Gasteiger partial charge in [0.15, 0.2) is 0 Å². The van der Waals surface area contributed by atoms with Crippen molar-refractivity contribution in [1.29, 1.82) is 0 Å². The number of nitrogens with two attached hydrogens (primary N) is 1. The highest BCUT2D eigenvalue weighted by Crippen LogP contribution is 2.31. The number of hydrogen-bond donors (Lipinski definition) is 2. The Morgan fingerprint density at radius 3 is 2.65 bits per heavy atom. The topological polar surface area (TPSA) is 114 Å². The van der Waals surface area contributed by atoms with Crippen LogP contribution in [0.25, 0.3) is 33.2 Å². The SMILES string of the molecule is NC(=O)c1cc(-c2ccc(Cl)nc2)nc2c1[nH]c1cc(C(=O)N3CCOCC3)ccc12. The van der Waals surface area contributed by atoms with Gasteiger partial charge in [0.25, 0.3) is 11.8 Å². The first-order valence-corrected chi connectivity index (χ1v) is 10.1. The summed E-state index contributed by atoms with van der Waals surface area (Å²) in [4.78, 5) is 38.8. The molecule has 3 N–H and O–H groups in total. The first-order valence-electron chi connectivity index (χ1n) is 9.76. The smallest absolute Gasteiger partial charge is 0.254 e. The number of aromatic amines is 1. The van der Waals surface area contributed by atoms with Gasteiger partial charge in [-0.3, -0.25) is 9.59 Å². The third kappa shape index (κ3) is 3.49. The van der Waals surface area contributed by atoms with Crippen molar-refractivity contribution in [3.05, 3.63) is 58.9 Å². The number of rotatable bonds is 3. The first kappa shape index (κ1) is 19.5. The maximum absolute atomic E-state index is 12.8. The molecule has 0 spiro atoms. The monoisotopic (exact) mass is 435 g/mol. The van der Waals surface area contributed by atoms with E-state index in [2.05, 4.69) is 9.97 Å². The maximum Gasteiger partial charge on any atom is 0.254 e. The van der Waals surface area contributed by atoms with Gasteiger partial charge in [-0.05, 0) is 36.4 Å². The van der Waals surface area contributed by atoms with Gasteiger partial charge in [-0.2, -0.15) is 0 Å². The number of pyridine rings is 2. The molecule has 0 unspecified atom stereocenters. The van der Waals surface area contributed by atoms with Crippen molar-refractivity contribution in [1.82, 2.24) is 19.9 Å². The Labute approximate surface area is 182 Å². The van der Waals surface area contributed by atoms with E-state index in [4.69, 9.17) is 27.1 Å². The molecule has 0 radical (unpaired) electrons. The number of benzene rings is 1. The lowest BCUT2D eigenvalue weighted by Gasteiger charge is -2.26. The number of amides is 2. The maximum atomic E-state index is 12.8. The van der Waals surface area contributed by atoms with Gasteiger partial charge in [0, 0.05) is 41.3 Å². The molecule has 2 amide bonds. The highest BCUT2D eigenvalue weighted by atomic mass is 35.5. The summed E-state index contributed by atoms with van der Waals surface area (Å²) >= 11 is 5.88. The largest absolute Gasteiger partial charge is 0.378 e. The molecule has 4 heterocycles. The van der Waals surface area contributed by atoms with E-state index in [1.807, 2.05) is 6.07 Å². The number of hydrogen-bond acceptors (Lipinski definition) is 5. The molecule has 8 nitrogen and oxygen atoms in total. The predicted octanol–water partition coefficient (Wildman–Crippen LogP) is 3.00. The van der Waals surface area contributed by atoms with Crippen LogP contribution in [0.1, 0.15) is 20.7 Å². The summed E-state index contributed by atoms with van der Waals surface area (Å²) in [6.07, 6.45) is 1.59. The van der Waals surface area contributed by atoms with E-state index in [0.29, 0.717) is 70.4 Å². The van der Waals surface area contributed by atoms with Crippen molar-refractivity contribution in [3.63, 3.8) is 0 Å². The number of carbonyl (C=O) groups is 2. The van der Waals surface area contributed by atoms with Crippen LogP contribution in [0.3, 0.4) is 0 Å². The number of fused-ring (bicyclic) bond motifs is 3. The minimum Gasteiger partial charge on any atom is -0.378 e. The zero-order chi connectivity index (χ0) is 21.5. The number of aromatic nitrogens is 3. The Hall–Kier alpha value is -3.49. The summed E-state index contributed by atoms with van der Waals surface area (Å²) < 4.78 is 5.32. The number of nitrogens with one attached hydrogen (secondary N) is 1. The molecule has 0 bridgehead atoms. The molecule has 4 aromatic rings. The van der Waals surface area contributed by atoms with Gasteiger partial charge < -0.3 is 20.4 Å². The minimum absolute atomic E-state index is 0.0557. The molecule has 1 aliphatic heterocycles. The van der Waals surface area contributed by atoms with Crippen molar-refractivity contribution in [2.45, 2.75) is 0 Å². The van der Waals surface area contributed by atoms with E-state index in [1.165, 1.54) is 0 Å². The van der Waals surface area contributed by atoms with Gasteiger partial charge in [0.1, 0.15) is 5.15 Å². The average Bonchev–Trinajstić information content (AvgIpc) is 3.16. The standard InChI is InChI=1S/C22H18ClN5O3/c23-18-4-2-13(11-25-18)16-10-15(21(24)29)20-19(26-16)14-3-1-12(9-17(14)27-20)22(30)28-5-7-31-8-6-28/h1-4,9-11,27H,5-8H2,(H2,24,29). The van der Waals surface area contributed by atoms with Crippen molar-refractivity contribution in [3.8, 4) is 11.3 Å². The summed E-state index contributed by atoms with van der Waals surface area (Å²) in [5.41, 5.74) is 9.62. The molecule has 1 saturated heterocycles. The molecule has 31 heavy (non-hydrogen) atoms. The van der Waals surface area contributed by atoms with Crippen molar-refractivity contribution >= 4 is 45.4 Å². The fraction of sp³-hybridized carbons (Fsp3) is 0.182. The number of primary amides is 1. The molecule has 9 heteroatoms. The summed E-state index contributed by atoms with van der Waals surface area (Å²) in [5.74, 6) is -0.633. The normalized spacial score (nSPS) is 14.3. The Morgan fingerprint density at radius 1 is 1.13 bits per heavy atom. The number of H-pyrrole nitrogens is 1. The van der Waals surface area contributed by atoms with Crippen molar-refractivity contribution in [2.24, 2.45) is 5.73 Å². The molecule has 0 atom stereocenters. The molecule has 5 rings (SSSR count). The van der Waals surface area contributed by atoms with E-state index < -0.39 is 5.91 Å². The van der Waals surface area contributed by atoms with Gasteiger partial charge in [-0.15, -0.1) is 0 Å². The Morgan fingerprint density at radius 2 is 1.94 bits per heavy atom. The fourth-order valence-electron chi connectivity index (χ4n) is 3.81. The third-order valence-electron chi connectivity index (χ3n) is 5.39. The first-order chi connectivity index (χ1) is 15.0. The van der Waals surface area contributed by atoms with Crippen LogP contribution in [0.5, 0.6) is 0 Å². The van der Waals surface area contributed by atoms with Crippen LogP contribution in [-0.2, 0) is 4.74 Å². The van der Waals surface area contributed by atoms with Crippen LogP contribution < -0.4 is 5.73 Å². The lowest BCUT2D eigenvalue weighted by atomic mass is 10.1. The van der Waals surface area contributed by atoms with Crippen molar-refractivity contribution in [2.75, 3.05) is 26.3 Å². The van der Waals surface area contributed by atoms with Crippen LogP contribution in [0, 0.1) is 0 Å². The molecule has 3 aromatic heterocycles. The Balaban J connectivity index is 1.64. The highest BCUT2D eigenvalue weighted by Gasteiger charge is 2.21. The van der Waals surface area contributed by atoms with Crippen LogP contribution >= 0.6 is 11.6 Å². The molecular weight excluding hydrogens is 418 g/mol. The van der Waals surface area contributed by atoms with Crippen LogP contribution in [-0.4, -0.2) is 58.0 Å². The fourth-order valence-corrected chi connectivity index (χ4v) is 3.92. The predicted molar refractivity (Wildman–Crippen MR) is 117 cm³/mol. The van der Waals surface area contributed by atoms with E-state index in [1.54, 1.807) is 41.4 Å². The lowest BCUT2D eigenvalue weighted by Crippen LogP contribution is -2.40. The molecule has 1 aromatic carbocycles. The molecule has 1 fully saturated rings. The van der Waals surface area contributed by atoms with Gasteiger partial charge in [-0.25, -0.2) is 9.97 Å². The number of ether oxygens (including phenoxy) is 1. The second-order valence-corrected chi connectivity index (χ2v) is 7.69. The van der Waals surface area contributed by atoms with Gasteiger partial charge in [-0.1, -0.05) is 11.6 Å². The minimum atomic E-state index is -0.577. The van der Waals surface area contributed by atoms with Gasteiger partial charge >= 0.3 is 0 Å². The van der Waals surface area contributed by atoms with Crippen LogP contribution in [0.4, 0.5) is 0 Å². The molecule has 0 aliphatic carbocycles. The second-order valence-electron chi connectivity index (χ2n) is 7.30. The average molecular weight is 436 g/mol. The molecule has 0 saturated carbocycles. The summed E-state index contributed by atoms with van der Waals surface area (Å²) in [6, 6.07) is 10.5. The second kappa shape index (κ2) is 7.64. The third-order valence-corrected chi connectivity index (χ3v) is 5.61.